The van der Waals surface area contributed by atoms with Crippen LogP contribution in [0.1, 0.15) is 32.1 Å². The van der Waals surface area contributed by atoms with Gasteiger partial charge in [-0.25, -0.2) is 9.97 Å². The normalized spacial score (nSPS) is 10.4. The SMILES string of the molecule is Cc1nc2ccc(C(=O)NNC(=O)c3ccccc3)cc2nc1C. The van der Waals surface area contributed by atoms with Crippen molar-refractivity contribution in [1.29, 1.82) is 0 Å². The number of fused-ring (bicyclic) bond motifs is 1. The second-order valence-electron chi connectivity index (χ2n) is 5.37. The average molecular weight is 320 g/mol. The van der Waals surface area contributed by atoms with Crippen LogP contribution >= 0.6 is 0 Å². The molecule has 0 radical (unpaired) electrons. The molecule has 0 aliphatic rings. The van der Waals surface area contributed by atoms with E-state index in [1.807, 2.05) is 19.9 Å². The Morgan fingerprint density at radius 3 is 2.00 bits per heavy atom. The van der Waals surface area contributed by atoms with Crippen LogP contribution in [0, 0.1) is 13.8 Å². The van der Waals surface area contributed by atoms with Crippen molar-refractivity contribution in [1.82, 2.24) is 20.8 Å². The molecular weight excluding hydrogens is 304 g/mol. The Morgan fingerprint density at radius 1 is 0.750 bits per heavy atom. The molecule has 0 spiro atoms. The summed E-state index contributed by atoms with van der Waals surface area (Å²) in [5, 5.41) is 0. The molecule has 3 aromatic rings. The molecule has 0 bridgehead atoms. The van der Waals surface area contributed by atoms with E-state index in [9.17, 15) is 9.59 Å². The van der Waals surface area contributed by atoms with Gasteiger partial charge in [0.25, 0.3) is 11.8 Å². The molecule has 0 saturated heterocycles. The van der Waals surface area contributed by atoms with Crippen LogP contribution < -0.4 is 10.9 Å². The molecule has 0 unspecified atom stereocenters. The Labute approximate surface area is 138 Å². The molecule has 0 atom stereocenters. The van der Waals surface area contributed by atoms with Gasteiger partial charge in [0, 0.05) is 11.1 Å². The highest BCUT2D eigenvalue weighted by atomic mass is 16.2. The molecule has 1 heterocycles. The number of nitrogens with zero attached hydrogens (tertiary/aromatic N) is 2. The molecule has 0 aliphatic heterocycles. The van der Waals surface area contributed by atoms with Crippen LogP contribution in [-0.4, -0.2) is 21.8 Å². The second kappa shape index (κ2) is 6.45. The Kier molecular flexibility index (Phi) is 4.20. The zero-order valence-corrected chi connectivity index (χ0v) is 13.3. The summed E-state index contributed by atoms with van der Waals surface area (Å²) in [5.74, 6) is -0.794. The third kappa shape index (κ3) is 3.22. The third-order valence-electron chi connectivity index (χ3n) is 3.66. The van der Waals surface area contributed by atoms with Gasteiger partial charge in [0.1, 0.15) is 0 Å². The molecule has 120 valence electrons. The lowest BCUT2D eigenvalue weighted by molar-refractivity contribution is 0.0847. The molecule has 2 aromatic carbocycles. The van der Waals surface area contributed by atoms with Gasteiger partial charge in [0.2, 0.25) is 0 Å². The van der Waals surface area contributed by atoms with E-state index >= 15 is 0 Å². The Hall–Kier alpha value is -3.28. The van der Waals surface area contributed by atoms with Crippen LogP contribution in [0.5, 0.6) is 0 Å². The van der Waals surface area contributed by atoms with E-state index < -0.39 is 5.91 Å². The van der Waals surface area contributed by atoms with Gasteiger partial charge in [0.15, 0.2) is 0 Å². The first kappa shape index (κ1) is 15.6. The number of aromatic nitrogens is 2. The fraction of sp³-hybridized carbons (Fsp3) is 0.111. The van der Waals surface area contributed by atoms with E-state index in [4.69, 9.17) is 0 Å². The largest absolute Gasteiger partial charge is 0.269 e. The molecular formula is C18H16N4O2. The average Bonchev–Trinajstić information content (AvgIpc) is 2.60. The number of benzene rings is 2. The van der Waals surface area contributed by atoms with Gasteiger partial charge in [-0.2, -0.15) is 0 Å². The van der Waals surface area contributed by atoms with Crippen LogP contribution in [-0.2, 0) is 0 Å². The monoisotopic (exact) mass is 320 g/mol. The highest BCUT2D eigenvalue weighted by Gasteiger charge is 2.10. The van der Waals surface area contributed by atoms with Gasteiger partial charge >= 0.3 is 0 Å². The maximum absolute atomic E-state index is 12.2. The fourth-order valence-corrected chi connectivity index (χ4v) is 2.22. The van der Waals surface area contributed by atoms with Gasteiger partial charge in [-0.3, -0.25) is 20.4 Å². The second-order valence-corrected chi connectivity index (χ2v) is 5.37. The molecule has 3 rings (SSSR count). The number of aryl methyl sites for hydroxylation is 2. The number of amides is 2. The Bertz CT molecular complexity index is 923. The summed E-state index contributed by atoms with van der Waals surface area (Å²) in [6.07, 6.45) is 0. The van der Waals surface area contributed by atoms with E-state index in [0.717, 1.165) is 16.9 Å². The van der Waals surface area contributed by atoms with Gasteiger partial charge in [-0.15, -0.1) is 0 Å². The van der Waals surface area contributed by atoms with Gasteiger partial charge in [-0.05, 0) is 44.2 Å². The first-order valence-electron chi connectivity index (χ1n) is 7.45. The summed E-state index contributed by atoms with van der Waals surface area (Å²) < 4.78 is 0. The number of carbonyl (C=O) groups is 2. The van der Waals surface area contributed by atoms with Crippen LogP contribution in [0.4, 0.5) is 0 Å². The summed E-state index contributed by atoms with van der Waals surface area (Å²) in [6.45, 7) is 3.76. The number of nitrogens with one attached hydrogen (secondary N) is 2. The maximum atomic E-state index is 12.2. The van der Waals surface area contributed by atoms with E-state index in [0.29, 0.717) is 16.6 Å². The zero-order valence-electron chi connectivity index (χ0n) is 13.3. The van der Waals surface area contributed by atoms with Gasteiger partial charge < -0.3 is 0 Å². The van der Waals surface area contributed by atoms with Crippen LogP contribution in [0.25, 0.3) is 11.0 Å². The highest BCUT2D eigenvalue weighted by Crippen LogP contribution is 2.14. The number of hydrogen-bond acceptors (Lipinski definition) is 4. The van der Waals surface area contributed by atoms with Crippen molar-refractivity contribution in [2.45, 2.75) is 13.8 Å². The predicted octanol–water partition coefficient (Wildman–Crippen LogP) is 2.32. The standard InChI is InChI=1S/C18H16N4O2/c1-11-12(2)20-16-10-14(8-9-15(16)19-11)18(24)22-21-17(23)13-6-4-3-5-7-13/h3-10H,1-2H3,(H,21,23)(H,22,24). The van der Waals surface area contributed by atoms with Crippen molar-refractivity contribution < 1.29 is 9.59 Å². The van der Waals surface area contributed by atoms with Crippen molar-refractivity contribution in [2.75, 3.05) is 0 Å². The van der Waals surface area contributed by atoms with E-state index in [2.05, 4.69) is 20.8 Å². The molecule has 6 nitrogen and oxygen atoms in total. The highest BCUT2D eigenvalue weighted by molar-refractivity contribution is 6.00. The molecule has 2 N–H and O–H groups in total. The van der Waals surface area contributed by atoms with E-state index in [-0.39, 0.29) is 5.91 Å². The van der Waals surface area contributed by atoms with Crippen molar-refractivity contribution in [3.05, 3.63) is 71.0 Å². The topological polar surface area (TPSA) is 84.0 Å². The predicted molar refractivity (Wildman–Crippen MR) is 90.4 cm³/mol. The lowest BCUT2D eigenvalue weighted by Crippen LogP contribution is -2.41. The zero-order chi connectivity index (χ0) is 17.1. The Morgan fingerprint density at radius 2 is 1.33 bits per heavy atom. The van der Waals surface area contributed by atoms with Crippen LogP contribution in [0.2, 0.25) is 0 Å². The van der Waals surface area contributed by atoms with Crippen molar-refractivity contribution >= 4 is 22.8 Å². The number of rotatable bonds is 2. The van der Waals surface area contributed by atoms with Gasteiger partial charge in [0.05, 0.1) is 22.4 Å². The minimum absolute atomic E-state index is 0.379. The molecule has 2 amide bonds. The first-order valence-corrected chi connectivity index (χ1v) is 7.45. The number of hydrazine groups is 1. The lowest BCUT2D eigenvalue weighted by atomic mass is 10.1. The van der Waals surface area contributed by atoms with Crippen LogP contribution in [0.15, 0.2) is 48.5 Å². The Balaban J connectivity index is 1.74. The molecule has 0 saturated carbocycles. The quantitative estimate of drug-likeness (QED) is 0.710. The molecule has 0 fully saturated rings. The third-order valence-corrected chi connectivity index (χ3v) is 3.66. The van der Waals surface area contributed by atoms with Crippen molar-refractivity contribution in [3.8, 4) is 0 Å². The van der Waals surface area contributed by atoms with Crippen LogP contribution in [0.3, 0.4) is 0 Å². The summed E-state index contributed by atoms with van der Waals surface area (Å²) in [7, 11) is 0. The van der Waals surface area contributed by atoms with E-state index in [1.54, 1.807) is 42.5 Å². The molecule has 1 aromatic heterocycles. The molecule has 6 heteroatoms. The minimum atomic E-state index is -0.416. The molecule has 0 aliphatic carbocycles. The number of carbonyl (C=O) groups excluding carboxylic acids is 2. The maximum Gasteiger partial charge on any atom is 0.269 e. The smallest absolute Gasteiger partial charge is 0.267 e. The van der Waals surface area contributed by atoms with Crippen molar-refractivity contribution in [3.63, 3.8) is 0 Å². The number of hydrogen-bond donors (Lipinski definition) is 2. The summed E-state index contributed by atoms with van der Waals surface area (Å²) in [4.78, 5) is 33.0. The summed E-state index contributed by atoms with van der Waals surface area (Å²) in [5.41, 5.74) is 8.69. The fourth-order valence-electron chi connectivity index (χ4n) is 2.22. The summed E-state index contributed by atoms with van der Waals surface area (Å²) in [6, 6.07) is 13.7. The van der Waals surface area contributed by atoms with Crippen molar-refractivity contribution in [2.24, 2.45) is 0 Å². The molecule has 24 heavy (non-hydrogen) atoms. The minimum Gasteiger partial charge on any atom is -0.267 e. The first-order chi connectivity index (χ1) is 11.5. The van der Waals surface area contributed by atoms with Gasteiger partial charge in [-0.1, -0.05) is 18.2 Å². The summed E-state index contributed by atoms with van der Waals surface area (Å²) >= 11 is 0. The van der Waals surface area contributed by atoms with E-state index in [1.165, 1.54) is 0 Å². The lowest BCUT2D eigenvalue weighted by Gasteiger charge is -2.08.